The second kappa shape index (κ2) is 11.2. The summed E-state index contributed by atoms with van der Waals surface area (Å²) in [7, 11) is 1.63. The van der Waals surface area contributed by atoms with Crippen LogP contribution in [-0.4, -0.2) is 58.5 Å². The van der Waals surface area contributed by atoms with E-state index in [4.69, 9.17) is 5.73 Å². The summed E-state index contributed by atoms with van der Waals surface area (Å²) in [6, 6.07) is 14.1. The molecule has 208 valence electrons. The van der Waals surface area contributed by atoms with Crippen molar-refractivity contribution in [2.75, 3.05) is 20.1 Å². The minimum atomic E-state index is -2.67. The predicted octanol–water partition coefficient (Wildman–Crippen LogP) is 3.76. The Bertz CT molecular complexity index is 1270. The van der Waals surface area contributed by atoms with Crippen molar-refractivity contribution in [3.8, 4) is 0 Å². The van der Waals surface area contributed by atoms with Crippen molar-refractivity contribution in [2.24, 2.45) is 27.6 Å². The number of piperidine rings is 1. The van der Waals surface area contributed by atoms with Gasteiger partial charge in [0.1, 0.15) is 11.1 Å². The van der Waals surface area contributed by atoms with Crippen molar-refractivity contribution >= 4 is 23.4 Å². The molecule has 4 rings (SSSR count). The summed E-state index contributed by atoms with van der Waals surface area (Å²) in [5.41, 5.74) is 5.55. The number of halogens is 2. The van der Waals surface area contributed by atoms with E-state index < -0.39 is 29.1 Å². The van der Waals surface area contributed by atoms with Crippen molar-refractivity contribution in [3.63, 3.8) is 0 Å². The number of carbonyl (C=O) groups is 3. The van der Waals surface area contributed by atoms with E-state index in [1.165, 1.54) is 17.1 Å². The molecule has 39 heavy (non-hydrogen) atoms. The van der Waals surface area contributed by atoms with Crippen LogP contribution in [0, 0.1) is 16.7 Å². The maximum atomic E-state index is 14.0. The van der Waals surface area contributed by atoms with Gasteiger partial charge in [-0.15, -0.1) is 0 Å². The Morgan fingerprint density at radius 1 is 1.13 bits per heavy atom. The molecule has 2 aliphatic rings. The Labute approximate surface area is 227 Å². The first-order valence-electron chi connectivity index (χ1n) is 13.2. The summed E-state index contributed by atoms with van der Waals surface area (Å²) >= 11 is 0. The van der Waals surface area contributed by atoms with Crippen LogP contribution in [0.1, 0.15) is 56.5 Å². The Morgan fingerprint density at radius 3 is 2.51 bits per heavy atom. The normalized spacial score (nSPS) is 20.2. The molecule has 3 amide bonds. The zero-order valence-corrected chi connectivity index (χ0v) is 22.6. The third-order valence-corrected chi connectivity index (χ3v) is 8.05. The lowest BCUT2D eigenvalue weighted by Gasteiger charge is -2.42. The third-order valence-electron chi connectivity index (χ3n) is 8.05. The number of fused-ring (bicyclic) bond motifs is 1. The fourth-order valence-corrected chi connectivity index (χ4v) is 5.65. The van der Waals surface area contributed by atoms with Gasteiger partial charge in [0, 0.05) is 32.3 Å². The molecule has 0 spiro atoms. The molecule has 2 atom stereocenters. The van der Waals surface area contributed by atoms with Gasteiger partial charge < -0.3 is 10.6 Å². The number of pyridine rings is 1. The standard InChI is InChI=1S/C29H35F2N5O3/c1-28(2,26(32)38)21(13-7-11-20-12-8-14-22(33-20)24(30)31)25(37)36-16-15-23-29(18-36,27(39)35(3)34-23)17-19-9-5-4-6-10-19/h4-6,8-10,12,14,21,24H,7,11,13,15-18H2,1-3H3,(H2,32,38)/t21-,29+/m0/s1. The number of hydrazone groups is 1. The minimum absolute atomic E-state index is 0.158. The number of aromatic nitrogens is 1. The Balaban J connectivity index is 1.56. The van der Waals surface area contributed by atoms with Crippen molar-refractivity contribution in [3.05, 3.63) is 65.5 Å². The highest BCUT2D eigenvalue weighted by molar-refractivity contribution is 6.13. The van der Waals surface area contributed by atoms with Gasteiger partial charge in [-0.05, 0) is 43.4 Å². The molecule has 0 bridgehead atoms. The molecule has 0 unspecified atom stereocenters. The molecule has 1 aromatic heterocycles. The number of benzene rings is 1. The first-order valence-corrected chi connectivity index (χ1v) is 13.2. The molecule has 3 heterocycles. The first kappa shape index (κ1) is 28.3. The van der Waals surface area contributed by atoms with Crippen molar-refractivity contribution < 1.29 is 23.2 Å². The number of amides is 3. The van der Waals surface area contributed by atoms with Gasteiger partial charge in [-0.25, -0.2) is 13.8 Å². The van der Waals surface area contributed by atoms with Gasteiger partial charge in [-0.3, -0.25) is 19.4 Å². The molecule has 1 aromatic carbocycles. The van der Waals surface area contributed by atoms with Crippen LogP contribution in [0.5, 0.6) is 0 Å². The highest BCUT2D eigenvalue weighted by atomic mass is 19.3. The van der Waals surface area contributed by atoms with E-state index >= 15 is 0 Å². The number of alkyl halides is 2. The summed E-state index contributed by atoms with van der Waals surface area (Å²) in [6.45, 7) is 3.84. The summed E-state index contributed by atoms with van der Waals surface area (Å²) in [4.78, 5) is 45.6. The zero-order chi connectivity index (χ0) is 28.4. The lowest BCUT2D eigenvalue weighted by Crippen LogP contribution is -2.58. The predicted molar refractivity (Wildman–Crippen MR) is 143 cm³/mol. The largest absolute Gasteiger partial charge is 0.369 e. The maximum Gasteiger partial charge on any atom is 0.280 e. The minimum Gasteiger partial charge on any atom is -0.369 e. The van der Waals surface area contributed by atoms with E-state index in [2.05, 4.69) is 10.1 Å². The quantitative estimate of drug-likeness (QED) is 0.496. The number of likely N-dealkylation sites (tertiary alicyclic amines) is 1. The third kappa shape index (κ3) is 5.69. The number of primary amides is 1. The van der Waals surface area contributed by atoms with Crippen molar-refractivity contribution in [1.29, 1.82) is 0 Å². The molecule has 0 saturated carbocycles. The maximum absolute atomic E-state index is 14.0. The second-order valence-electron chi connectivity index (χ2n) is 11.0. The van der Waals surface area contributed by atoms with Gasteiger partial charge >= 0.3 is 0 Å². The smallest absolute Gasteiger partial charge is 0.280 e. The summed E-state index contributed by atoms with van der Waals surface area (Å²) in [5, 5.41) is 5.86. The lowest BCUT2D eigenvalue weighted by molar-refractivity contribution is -0.148. The molecule has 0 radical (unpaired) electrons. The molecular weight excluding hydrogens is 504 g/mol. The molecule has 2 aromatic rings. The van der Waals surface area contributed by atoms with E-state index in [0.29, 0.717) is 44.3 Å². The molecular formula is C29H35F2N5O3. The monoisotopic (exact) mass is 539 g/mol. The number of aryl methyl sites for hydroxylation is 1. The fourth-order valence-electron chi connectivity index (χ4n) is 5.65. The van der Waals surface area contributed by atoms with Gasteiger partial charge in [0.15, 0.2) is 0 Å². The average Bonchev–Trinajstić information content (AvgIpc) is 3.15. The number of carbonyl (C=O) groups excluding carboxylic acids is 3. The molecule has 1 fully saturated rings. The number of nitrogens with two attached hydrogens (primary N) is 1. The van der Waals surface area contributed by atoms with E-state index in [0.717, 1.165) is 11.3 Å². The number of rotatable bonds is 10. The first-order chi connectivity index (χ1) is 18.5. The Morgan fingerprint density at radius 2 is 1.85 bits per heavy atom. The van der Waals surface area contributed by atoms with E-state index in [-0.39, 0.29) is 24.1 Å². The van der Waals surface area contributed by atoms with Crippen LogP contribution in [0.25, 0.3) is 0 Å². The molecule has 2 aliphatic heterocycles. The average molecular weight is 540 g/mol. The highest BCUT2D eigenvalue weighted by Gasteiger charge is 2.54. The molecule has 8 nitrogen and oxygen atoms in total. The van der Waals surface area contributed by atoms with Gasteiger partial charge in [0.25, 0.3) is 12.3 Å². The van der Waals surface area contributed by atoms with Crippen molar-refractivity contribution in [2.45, 2.75) is 52.4 Å². The number of hydrogen-bond acceptors (Lipinski definition) is 5. The van der Waals surface area contributed by atoms with Gasteiger partial charge in [0.05, 0.1) is 17.0 Å². The van der Waals surface area contributed by atoms with E-state index in [1.807, 2.05) is 30.3 Å². The van der Waals surface area contributed by atoms with Gasteiger partial charge in [-0.1, -0.05) is 50.2 Å². The summed E-state index contributed by atoms with van der Waals surface area (Å²) < 4.78 is 26.1. The van der Waals surface area contributed by atoms with Crippen LogP contribution in [-0.2, 0) is 27.2 Å². The lowest BCUT2D eigenvalue weighted by atomic mass is 9.71. The summed E-state index contributed by atoms with van der Waals surface area (Å²) in [6.07, 6.45) is -0.673. The zero-order valence-electron chi connectivity index (χ0n) is 22.6. The highest BCUT2D eigenvalue weighted by Crippen LogP contribution is 2.40. The molecule has 2 N–H and O–H groups in total. The van der Waals surface area contributed by atoms with Crippen LogP contribution in [0.3, 0.4) is 0 Å². The van der Waals surface area contributed by atoms with Crippen LogP contribution in [0.15, 0.2) is 53.6 Å². The fraction of sp³-hybridized carbons (Fsp3) is 0.483. The number of hydrogen-bond donors (Lipinski definition) is 1. The van der Waals surface area contributed by atoms with E-state index in [9.17, 15) is 23.2 Å². The van der Waals surface area contributed by atoms with Gasteiger partial charge in [0.2, 0.25) is 11.8 Å². The Hall–Kier alpha value is -3.69. The topological polar surface area (TPSA) is 109 Å². The van der Waals surface area contributed by atoms with Gasteiger partial charge in [-0.2, -0.15) is 5.10 Å². The van der Waals surface area contributed by atoms with Crippen molar-refractivity contribution in [1.82, 2.24) is 14.9 Å². The second-order valence-corrected chi connectivity index (χ2v) is 11.0. The molecule has 10 heteroatoms. The number of nitrogens with zero attached hydrogens (tertiary/aromatic N) is 4. The van der Waals surface area contributed by atoms with Crippen LogP contribution in [0.4, 0.5) is 8.78 Å². The van der Waals surface area contributed by atoms with E-state index in [1.54, 1.807) is 31.9 Å². The molecule has 0 aliphatic carbocycles. The SMILES string of the molecule is CN1N=C2CCN(C(=O)[C@H](CCCc3cccc(C(F)F)n3)C(C)(C)C(N)=O)C[C@@]2(Cc2ccccc2)C1=O. The Kier molecular flexibility index (Phi) is 8.13. The van der Waals surface area contributed by atoms with Crippen LogP contribution >= 0.6 is 0 Å². The molecule has 1 saturated heterocycles. The van der Waals surface area contributed by atoms with Crippen LogP contribution in [0.2, 0.25) is 0 Å². The summed E-state index contributed by atoms with van der Waals surface area (Å²) in [5.74, 6) is -1.76. The van der Waals surface area contributed by atoms with Crippen LogP contribution < -0.4 is 5.73 Å².